The van der Waals surface area contributed by atoms with Crippen molar-refractivity contribution in [3.63, 3.8) is 0 Å². The highest BCUT2D eigenvalue weighted by atomic mass is 32.2. The van der Waals surface area contributed by atoms with Crippen LogP contribution in [-0.2, 0) is 0 Å². The fraction of sp³-hybridized carbons (Fsp3) is 0.0769. The van der Waals surface area contributed by atoms with Crippen LogP contribution in [0.3, 0.4) is 0 Å². The lowest BCUT2D eigenvalue weighted by Crippen LogP contribution is -2.14. The monoisotopic (exact) mass is 238 g/mol. The smallest absolute Gasteiger partial charge is 0.141 e. The molecular weight excluding hydrogens is 226 g/mol. The Kier molecular flexibility index (Phi) is 2.67. The van der Waals surface area contributed by atoms with Gasteiger partial charge in [0.1, 0.15) is 18.7 Å². The van der Waals surface area contributed by atoms with Gasteiger partial charge >= 0.3 is 0 Å². The third kappa shape index (κ3) is 1.98. The van der Waals surface area contributed by atoms with E-state index in [0.29, 0.717) is 0 Å². The third-order valence-corrected chi connectivity index (χ3v) is 4.03. The zero-order valence-corrected chi connectivity index (χ0v) is 10.8. The van der Waals surface area contributed by atoms with Gasteiger partial charge in [-0.1, -0.05) is 35.4 Å². The van der Waals surface area contributed by atoms with E-state index in [1.54, 1.807) is 11.8 Å². The summed E-state index contributed by atoms with van der Waals surface area (Å²) in [5.74, 6) is 1.95. The highest BCUT2D eigenvalue weighted by Crippen LogP contribution is 2.46. The summed E-state index contributed by atoms with van der Waals surface area (Å²) in [5, 5.41) is 0. The van der Waals surface area contributed by atoms with Gasteiger partial charge in [-0.05, 0) is 30.7 Å². The summed E-state index contributed by atoms with van der Waals surface area (Å²) in [6.45, 7) is 2.11. The Balaban J connectivity index is 2.05. The SMILES string of the molecule is BBc1ccc2c(c1)Sc1cc(C)ccc1O2. The molecule has 0 saturated heterocycles. The van der Waals surface area contributed by atoms with Crippen LogP contribution in [0.15, 0.2) is 46.2 Å². The van der Waals surface area contributed by atoms with Gasteiger partial charge in [0, 0.05) is 0 Å². The molecular formula is C13H12B2OS. The van der Waals surface area contributed by atoms with Crippen molar-refractivity contribution in [2.24, 2.45) is 0 Å². The number of aryl methyl sites for hydroxylation is 1. The van der Waals surface area contributed by atoms with Crippen molar-refractivity contribution in [1.29, 1.82) is 0 Å². The second kappa shape index (κ2) is 4.19. The summed E-state index contributed by atoms with van der Waals surface area (Å²) in [7, 11) is 3.24. The normalized spacial score (nSPS) is 12.3. The summed E-state index contributed by atoms with van der Waals surface area (Å²) < 4.78 is 5.91. The first kappa shape index (κ1) is 10.8. The second-order valence-electron chi connectivity index (χ2n) is 4.29. The largest absolute Gasteiger partial charge is 0.455 e. The average Bonchev–Trinajstić information content (AvgIpc) is 2.35. The van der Waals surface area contributed by atoms with E-state index in [1.165, 1.54) is 20.8 Å². The molecule has 0 spiro atoms. The van der Waals surface area contributed by atoms with Gasteiger partial charge < -0.3 is 4.74 Å². The van der Waals surface area contributed by atoms with Crippen LogP contribution >= 0.6 is 11.8 Å². The molecule has 2 aromatic carbocycles. The number of rotatable bonds is 1. The molecule has 0 aliphatic carbocycles. The van der Waals surface area contributed by atoms with Crippen LogP contribution in [0.25, 0.3) is 0 Å². The molecule has 0 N–H and O–H groups in total. The average molecular weight is 238 g/mol. The highest BCUT2D eigenvalue weighted by Gasteiger charge is 2.17. The molecule has 0 fully saturated rings. The first-order chi connectivity index (χ1) is 8.26. The van der Waals surface area contributed by atoms with Crippen LogP contribution in [0.4, 0.5) is 0 Å². The Bertz CT molecular complexity index is 584. The van der Waals surface area contributed by atoms with E-state index in [9.17, 15) is 0 Å². The molecule has 1 heterocycles. The number of fused-ring (bicyclic) bond motifs is 2. The van der Waals surface area contributed by atoms with Gasteiger partial charge in [-0.15, -0.1) is 0 Å². The number of hydrogen-bond acceptors (Lipinski definition) is 2. The molecule has 0 radical (unpaired) electrons. The van der Waals surface area contributed by atoms with Crippen molar-refractivity contribution in [3.8, 4) is 11.5 Å². The molecule has 4 heteroatoms. The molecule has 0 saturated carbocycles. The Labute approximate surface area is 107 Å². The highest BCUT2D eigenvalue weighted by molar-refractivity contribution is 7.99. The summed E-state index contributed by atoms with van der Waals surface area (Å²) in [5.41, 5.74) is 2.63. The standard InChI is InChI=1S/C13H12B2OS/c1-8-2-4-10-12(6-8)17-13-7-9(15-14)3-5-11(13)16-10/h2-7,15H,14H2,1H3. The van der Waals surface area contributed by atoms with Crippen molar-refractivity contribution in [1.82, 2.24) is 0 Å². The predicted molar refractivity (Wildman–Crippen MR) is 77.1 cm³/mol. The molecule has 2 aromatic rings. The maximum atomic E-state index is 5.91. The third-order valence-electron chi connectivity index (χ3n) is 2.96. The molecule has 0 aromatic heterocycles. The van der Waals surface area contributed by atoms with Crippen LogP contribution in [-0.4, -0.2) is 14.9 Å². The Hall–Kier alpha value is -1.28. The van der Waals surface area contributed by atoms with Crippen LogP contribution in [0.2, 0.25) is 0 Å². The number of benzene rings is 2. The quantitative estimate of drug-likeness (QED) is 0.598. The number of hydrogen-bond donors (Lipinski definition) is 0. The minimum absolute atomic E-state index is 0.970. The Morgan fingerprint density at radius 1 is 1.06 bits per heavy atom. The Morgan fingerprint density at radius 3 is 2.53 bits per heavy atom. The minimum atomic E-state index is 0.970. The molecule has 0 atom stereocenters. The fourth-order valence-corrected chi connectivity index (χ4v) is 3.07. The lowest BCUT2D eigenvalue weighted by atomic mass is 9.51. The van der Waals surface area contributed by atoms with E-state index >= 15 is 0 Å². The van der Waals surface area contributed by atoms with Crippen molar-refractivity contribution in [3.05, 3.63) is 42.0 Å². The topological polar surface area (TPSA) is 9.23 Å². The van der Waals surface area contributed by atoms with E-state index < -0.39 is 0 Å². The molecule has 17 heavy (non-hydrogen) atoms. The van der Waals surface area contributed by atoms with E-state index in [1.807, 2.05) is 6.07 Å². The van der Waals surface area contributed by atoms with Crippen molar-refractivity contribution in [2.75, 3.05) is 0 Å². The van der Waals surface area contributed by atoms with Crippen LogP contribution in [0.1, 0.15) is 5.56 Å². The van der Waals surface area contributed by atoms with E-state index in [4.69, 9.17) is 4.74 Å². The predicted octanol–water partition coefficient (Wildman–Crippen LogP) is 1.86. The lowest BCUT2D eigenvalue weighted by Gasteiger charge is -2.20. The molecule has 0 amide bonds. The summed E-state index contributed by atoms with van der Waals surface area (Å²) in [6.07, 6.45) is 0. The molecule has 82 valence electrons. The van der Waals surface area contributed by atoms with Crippen molar-refractivity contribution in [2.45, 2.75) is 16.7 Å². The molecule has 1 aliphatic rings. The van der Waals surface area contributed by atoms with Gasteiger partial charge in [0.25, 0.3) is 0 Å². The van der Waals surface area contributed by atoms with E-state index in [-0.39, 0.29) is 0 Å². The van der Waals surface area contributed by atoms with Gasteiger partial charge in [0.05, 0.1) is 17.5 Å². The molecule has 0 bridgehead atoms. The summed E-state index contributed by atoms with van der Waals surface area (Å²) in [6, 6.07) is 12.8. The molecule has 1 aliphatic heterocycles. The van der Waals surface area contributed by atoms with Gasteiger partial charge in [-0.2, -0.15) is 0 Å². The zero-order chi connectivity index (χ0) is 11.8. The Morgan fingerprint density at radius 2 is 1.76 bits per heavy atom. The van der Waals surface area contributed by atoms with Gasteiger partial charge in [0.15, 0.2) is 0 Å². The van der Waals surface area contributed by atoms with E-state index in [2.05, 4.69) is 45.0 Å². The van der Waals surface area contributed by atoms with Gasteiger partial charge in [0.2, 0.25) is 0 Å². The van der Waals surface area contributed by atoms with Crippen LogP contribution < -0.4 is 10.2 Å². The molecule has 3 rings (SSSR count). The van der Waals surface area contributed by atoms with Crippen LogP contribution in [0.5, 0.6) is 11.5 Å². The van der Waals surface area contributed by atoms with Crippen molar-refractivity contribution >= 4 is 32.1 Å². The lowest BCUT2D eigenvalue weighted by molar-refractivity contribution is 0.454. The fourth-order valence-electron chi connectivity index (χ4n) is 1.95. The van der Waals surface area contributed by atoms with Crippen LogP contribution in [0, 0.1) is 6.92 Å². The summed E-state index contributed by atoms with van der Waals surface area (Å²) in [4.78, 5) is 2.44. The van der Waals surface area contributed by atoms with Crippen molar-refractivity contribution < 1.29 is 4.74 Å². The van der Waals surface area contributed by atoms with E-state index in [0.717, 1.165) is 18.7 Å². The first-order valence-electron chi connectivity index (χ1n) is 5.85. The number of ether oxygens (including phenoxy) is 1. The van der Waals surface area contributed by atoms with Gasteiger partial charge in [-0.25, -0.2) is 0 Å². The van der Waals surface area contributed by atoms with Gasteiger partial charge in [-0.3, -0.25) is 0 Å². The molecule has 1 nitrogen and oxygen atoms in total. The zero-order valence-electron chi connectivity index (χ0n) is 9.99. The molecule has 0 unspecified atom stereocenters. The minimum Gasteiger partial charge on any atom is -0.455 e. The first-order valence-corrected chi connectivity index (χ1v) is 6.67. The summed E-state index contributed by atoms with van der Waals surface area (Å²) >= 11 is 1.80. The maximum Gasteiger partial charge on any atom is 0.141 e. The second-order valence-corrected chi connectivity index (χ2v) is 5.37. The maximum absolute atomic E-state index is 5.91.